The van der Waals surface area contributed by atoms with Gasteiger partial charge in [0.1, 0.15) is 0 Å². The van der Waals surface area contributed by atoms with Crippen molar-refractivity contribution >= 4 is 11.8 Å². The first kappa shape index (κ1) is 28.6. The van der Waals surface area contributed by atoms with E-state index < -0.39 is 6.29 Å². The number of hydrogen-bond acceptors (Lipinski definition) is 5. The number of aliphatic hydroxyl groups excluding tert-OH is 1. The summed E-state index contributed by atoms with van der Waals surface area (Å²) in [7, 11) is 1.51. The summed E-state index contributed by atoms with van der Waals surface area (Å²) >= 11 is 0. The van der Waals surface area contributed by atoms with Crippen LogP contribution in [0.15, 0.2) is 12.2 Å². The van der Waals surface area contributed by atoms with Gasteiger partial charge in [-0.15, -0.1) is 0 Å². The Morgan fingerprint density at radius 3 is 2.28 bits per heavy atom. The molecule has 0 aromatic rings. The van der Waals surface area contributed by atoms with Gasteiger partial charge in [0, 0.05) is 13.5 Å². The number of rotatable bonds is 18. The summed E-state index contributed by atoms with van der Waals surface area (Å²) in [5, 5.41) is 14.7. The molecule has 1 saturated heterocycles. The Labute approximate surface area is 194 Å². The van der Waals surface area contributed by atoms with Crippen molar-refractivity contribution in [2.24, 2.45) is 0 Å². The monoisotopic (exact) mass is 454 g/mol. The van der Waals surface area contributed by atoms with Crippen molar-refractivity contribution < 1.29 is 24.2 Å². The number of aliphatic hydroxyl groups is 1. The number of ether oxygens (including phenoxy) is 2. The Bertz CT molecular complexity index is 526. The minimum Gasteiger partial charge on any atom is -0.394 e. The number of nitrogens with one attached hydrogen (secondary N) is 2. The summed E-state index contributed by atoms with van der Waals surface area (Å²) in [4.78, 5) is 24.1. The van der Waals surface area contributed by atoms with Gasteiger partial charge in [-0.3, -0.25) is 9.59 Å². The highest BCUT2D eigenvalue weighted by Gasteiger charge is 2.31. The summed E-state index contributed by atoms with van der Waals surface area (Å²) in [5.74, 6) is -0.343. The zero-order valence-corrected chi connectivity index (χ0v) is 20.3. The standard InChI is InChI=1S/C25H46N2O5/c1-3-4-5-6-7-8-9-10-11-12-13-14-15-16-23(29)26-19-24(30)27-22-18-17-21(20-28)32-25(22)31-2/h8-9,21-22,25,28H,3-7,10-20H2,1-2H3,(H,26,29)(H,27,30)/b9-8-. The number of allylic oxidation sites excluding steroid dienone is 2. The summed E-state index contributed by atoms with van der Waals surface area (Å²) < 4.78 is 10.8. The molecule has 0 bridgehead atoms. The van der Waals surface area contributed by atoms with E-state index in [0.29, 0.717) is 19.3 Å². The molecule has 3 N–H and O–H groups in total. The molecule has 0 aromatic carbocycles. The fourth-order valence-electron chi connectivity index (χ4n) is 3.88. The highest BCUT2D eigenvalue weighted by atomic mass is 16.7. The molecule has 186 valence electrons. The van der Waals surface area contributed by atoms with E-state index in [-0.39, 0.29) is 37.1 Å². The molecule has 1 rings (SSSR count). The summed E-state index contributed by atoms with van der Waals surface area (Å²) in [6.07, 6.45) is 18.7. The van der Waals surface area contributed by atoms with Crippen LogP contribution in [0.5, 0.6) is 0 Å². The third-order valence-corrected chi connectivity index (χ3v) is 5.85. The van der Waals surface area contributed by atoms with Crippen LogP contribution >= 0.6 is 0 Å². The Morgan fingerprint density at radius 1 is 0.969 bits per heavy atom. The Kier molecular flexibility index (Phi) is 17.0. The van der Waals surface area contributed by atoms with Crippen LogP contribution in [0, 0.1) is 0 Å². The van der Waals surface area contributed by atoms with Crippen LogP contribution in [0.1, 0.15) is 96.8 Å². The summed E-state index contributed by atoms with van der Waals surface area (Å²) in [6, 6.07) is -0.275. The lowest BCUT2D eigenvalue weighted by Crippen LogP contribution is -2.52. The minimum absolute atomic E-state index is 0.0417. The molecule has 3 atom stereocenters. The van der Waals surface area contributed by atoms with E-state index in [0.717, 1.165) is 25.7 Å². The Hall–Kier alpha value is -1.44. The zero-order valence-electron chi connectivity index (χ0n) is 20.3. The third-order valence-electron chi connectivity index (χ3n) is 5.85. The molecule has 1 fully saturated rings. The third kappa shape index (κ3) is 13.9. The molecule has 7 nitrogen and oxygen atoms in total. The molecular formula is C25H46N2O5. The first-order chi connectivity index (χ1) is 15.6. The van der Waals surface area contributed by atoms with Crippen molar-refractivity contribution in [2.75, 3.05) is 20.3 Å². The second-order valence-corrected chi connectivity index (χ2v) is 8.70. The van der Waals surface area contributed by atoms with Gasteiger partial charge in [0.05, 0.1) is 25.3 Å². The number of amides is 2. The molecule has 0 radical (unpaired) electrons. The van der Waals surface area contributed by atoms with E-state index in [9.17, 15) is 14.7 Å². The molecule has 32 heavy (non-hydrogen) atoms. The Balaban J connectivity index is 1.99. The lowest BCUT2D eigenvalue weighted by molar-refractivity contribution is -0.202. The normalized spacial score (nSPS) is 21.0. The molecule has 7 heteroatoms. The van der Waals surface area contributed by atoms with Gasteiger partial charge in [0.2, 0.25) is 11.8 Å². The molecule has 1 heterocycles. The number of unbranched alkanes of at least 4 members (excludes halogenated alkanes) is 9. The number of carbonyl (C=O) groups excluding carboxylic acids is 2. The van der Waals surface area contributed by atoms with Gasteiger partial charge in [0.25, 0.3) is 0 Å². The molecule has 1 aliphatic heterocycles. The average molecular weight is 455 g/mol. The van der Waals surface area contributed by atoms with Crippen LogP contribution in [0.4, 0.5) is 0 Å². The number of methoxy groups -OCH3 is 1. The van der Waals surface area contributed by atoms with Crippen molar-refractivity contribution in [3.8, 4) is 0 Å². The summed E-state index contributed by atoms with van der Waals surface area (Å²) in [6.45, 7) is 2.13. The predicted molar refractivity (Wildman–Crippen MR) is 127 cm³/mol. The lowest BCUT2D eigenvalue weighted by Gasteiger charge is -2.35. The smallest absolute Gasteiger partial charge is 0.239 e. The fourth-order valence-corrected chi connectivity index (χ4v) is 3.88. The van der Waals surface area contributed by atoms with Crippen molar-refractivity contribution in [1.29, 1.82) is 0 Å². The van der Waals surface area contributed by atoms with Crippen LogP contribution < -0.4 is 10.6 Å². The number of carbonyl (C=O) groups is 2. The highest BCUT2D eigenvalue weighted by Crippen LogP contribution is 2.20. The Morgan fingerprint density at radius 2 is 1.62 bits per heavy atom. The van der Waals surface area contributed by atoms with Crippen LogP contribution in [0.3, 0.4) is 0 Å². The van der Waals surface area contributed by atoms with Crippen LogP contribution in [0.25, 0.3) is 0 Å². The second kappa shape index (κ2) is 19.1. The quantitative estimate of drug-likeness (QED) is 0.215. The molecule has 0 aliphatic carbocycles. The highest BCUT2D eigenvalue weighted by molar-refractivity contribution is 5.84. The van der Waals surface area contributed by atoms with Gasteiger partial charge in [-0.2, -0.15) is 0 Å². The SMILES string of the molecule is CCCCCC/C=C\CCCCCCCC(=O)NCC(=O)NC1CCC(CO)OC1OC. The molecule has 3 unspecified atom stereocenters. The topological polar surface area (TPSA) is 96.9 Å². The van der Waals surface area contributed by atoms with Gasteiger partial charge >= 0.3 is 0 Å². The van der Waals surface area contributed by atoms with E-state index in [1.165, 1.54) is 52.1 Å². The van der Waals surface area contributed by atoms with Gasteiger partial charge in [-0.25, -0.2) is 0 Å². The van der Waals surface area contributed by atoms with Crippen LogP contribution in [-0.2, 0) is 19.1 Å². The predicted octanol–water partition coefficient (Wildman–Crippen LogP) is 3.99. The molecule has 2 amide bonds. The second-order valence-electron chi connectivity index (χ2n) is 8.70. The number of hydrogen-bond donors (Lipinski definition) is 3. The lowest BCUT2D eigenvalue weighted by atomic mass is 10.0. The van der Waals surface area contributed by atoms with Crippen molar-refractivity contribution in [2.45, 2.75) is 115 Å². The maximum Gasteiger partial charge on any atom is 0.239 e. The van der Waals surface area contributed by atoms with E-state index in [1.54, 1.807) is 0 Å². The minimum atomic E-state index is -0.582. The van der Waals surface area contributed by atoms with E-state index in [1.807, 2.05) is 0 Å². The van der Waals surface area contributed by atoms with E-state index in [4.69, 9.17) is 9.47 Å². The maximum atomic E-state index is 12.1. The van der Waals surface area contributed by atoms with Crippen LogP contribution in [-0.4, -0.2) is 55.6 Å². The largest absolute Gasteiger partial charge is 0.394 e. The molecule has 1 aliphatic rings. The van der Waals surface area contributed by atoms with E-state index in [2.05, 4.69) is 29.7 Å². The van der Waals surface area contributed by atoms with E-state index >= 15 is 0 Å². The first-order valence-electron chi connectivity index (χ1n) is 12.6. The summed E-state index contributed by atoms with van der Waals surface area (Å²) in [5.41, 5.74) is 0. The zero-order chi connectivity index (χ0) is 23.4. The average Bonchev–Trinajstić information content (AvgIpc) is 2.81. The molecule has 0 saturated carbocycles. The van der Waals surface area contributed by atoms with Crippen molar-refractivity contribution in [3.05, 3.63) is 12.2 Å². The van der Waals surface area contributed by atoms with Crippen LogP contribution in [0.2, 0.25) is 0 Å². The first-order valence-corrected chi connectivity index (χ1v) is 12.6. The van der Waals surface area contributed by atoms with Gasteiger partial charge < -0.3 is 25.2 Å². The van der Waals surface area contributed by atoms with Crippen molar-refractivity contribution in [3.63, 3.8) is 0 Å². The fraction of sp³-hybridized carbons (Fsp3) is 0.840. The van der Waals surface area contributed by atoms with Crippen molar-refractivity contribution in [1.82, 2.24) is 10.6 Å². The van der Waals surface area contributed by atoms with Gasteiger partial charge in [-0.05, 0) is 44.9 Å². The maximum absolute atomic E-state index is 12.1. The van der Waals surface area contributed by atoms with Gasteiger partial charge in [0.15, 0.2) is 6.29 Å². The molecule has 0 aromatic heterocycles. The molecule has 0 spiro atoms. The van der Waals surface area contributed by atoms with Gasteiger partial charge in [-0.1, -0.05) is 57.6 Å². The molecular weight excluding hydrogens is 408 g/mol.